The highest BCUT2D eigenvalue weighted by Gasteiger charge is 2.24. The molecule has 0 aliphatic heterocycles. The van der Waals surface area contributed by atoms with E-state index in [0.29, 0.717) is 5.82 Å². The minimum absolute atomic E-state index is 0.0187. The van der Waals surface area contributed by atoms with Crippen molar-refractivity contribution in [2.45, 2.75) is 31.7 Å². The molecule has 1 aromatic carbocycles. The van der Waals surface area contributed by atoms with Crippen molar-refractivity contribution in [3.8, 4) is 0 Å². The van der Waals surface area contributed by atoms with E-state index in [2.05, 4.69) is 15.6 Å². The summed E-state index contributed by atoms with van der Waals surface area (Å²) in [6.45, 7) is -0.0859. The number of carbonyl (C=O) groups is 2. The average Bonchev–Trinajstić information content (AvgIpc) is 3.30. The van der Waals surface area contributed by atoms with E-state index >= 15 is 0 Å². The van der Waals surface area contributed by atoms with Gasteiger partial charge in [0, 0.05) is 25.4 Å². The summed E-state index contributed by atoms with van der Waals surface area (Å²) in [6.07, 6.45) is 7.32. The molecule has 26 heavy (non-hydrogen) atoms. The highest BCUT2D eigenvalue weighted by molar-refractivity contribution is 5.86. The zero-order valence-corrected chi connectivity index (χ0v) is 14.7. The zero-order chi connectivity index (χ0) is 18.5. The molecule has 1 saturated carbocycles. The van der Waals surface area contributed by atoms with Crippen LogP contribution in [0.2, 0.25) is 0 Å². The summed E-state index contributed by atoms with van der Waals surface area (Å²) in [4.78, 5) is 28.8. The second-order valence-corrected chi connectivity index (χ2v) is 6.65. The Bertz CT molecular complexity index is 766. The Balaban J connectivity index is 1.67. The lowest BCUT2D eigenvalue weighted by atomic mass is 10.1. The highest BCUT2D eigenvalue weighted by atomic mass is 19.1. The van der Waals surface area contributed by atoms with Crippen LogP contribution in [0.3, 0.4) is 0 Å². The first kappa shape index (κ1) is 18.1. The van der Waals surface area contributed by atoms with Crippen LogP contribution in [0, 0.1) is 11.7 Å². The summed E-state index contributed by atoms with van der Waals surface area (Å²) in [5, 5.41) is 5.59. The van der Waals surface area contributed by atoms with Crippen LogP contribution in [0.4, 0.5) is 4.39 Å². The third kappa shape index (κ3) is 4.28. The summed E-state index contributed by atoms with van der Waals surface area (Å²) >= 11 is 0. The minimum atomic E-state index is -0.522. The van der Waals surface area contributed by atoms with E-state index in [0.717, 1.165) is 31.2 Å². The predicted octanol–water partition coefficient (Wildman–Crippen LogP) is 2.07. The van der Waals surface area contributed by atoms with Gasteiger partial charge in [-0.2, -0.15) is 0 Å². The van der Waals surface area contributed by atoms with Gasteiger partial charge in [0.05, 0.1) is 6.54 Å². The third-order valence-electron chi connectivity index (χ3n) is 4.77. The molecule has 7 heteroatoms. The molecule has 2 amide bonds. The Hall–Kier alpha value is -2.70. The Morgan fingerprint density at radius 2 is 1.96 bits per heavy atom. The molecule has 1 heterocycles. The van der Waals surface area contributed by atoms with E-state index in [1.54, 1.807) is 29.1 Å². The van der Waals surface area contributed by atoms with Gasteiger partial charge in [0.1, 0.15) is 17.7 Å². The molecule has 138 valence electrons. The molecule has 1 aromatic heterocycles. The van der Waals surface area contributed by atoms with Gasteiger partial charge < -0.3 is 15.2 Å². The van der Waals surface area contributed by atoms with E-state index in [4.69, 9.17) is 0 Å². The standard InChI is InChI=1S/C19H23FN4O2/c1-24-11-10-21-18(24)17(13-6-8-15(20)9-7-13)23-16(25)12-22-19(26)14-4-2-3-5-14/h6-11,14,17H,2-5,12H2,1H3,(H,22,26)(H,23,25). The highest BCUT2D eigenvalue weighted by Crippen LogP contribution is 2.24. The number of nitrogens with one attached hydrogen (secondary N) is 2. The van der Waals surface area contributed by atoms with E-state index in [1.165, 1.54) is 12.1 Å². The lowest BCUT2D eigenvalue weighted by molar-refractivity contribution is -0.128. The number of benzene rings is 1. The lowest BCUT2D eigenvalue weighted by Crippen LogP contribution is -2.41. The van der Waals surface area contributed by atoms with Crippen LogP contribution in [0.15, 0.2) is 36.7 Å². The van der Waals surface area contributed by atoms with Crippen molar-refractivity contribution in [3.63, 3.8) is 0 Å². The van der Waals surface area contributed by atoms with E-state index in [9.17, 15) is 14.0 Å². The van der Waals surface area contributed by atoms with Gasteiger partial charge >= 0.3 is 0 Å². The topological polar surface area (TPSA) is 76.0 Å². The summed E-state index contributed by atoms with van der Waals surface area (Å²) in [6, 6.07) is 5.41. The smallest absolute Gasteiger partial charge is 0.240 e. The number of imidazole rings is 1. The molecule has 0 radical (unpaired) electrons. The van der Waals surface area contributed by atoms with Gasteiger partial charge in [-0.1, -0.05) is 25.0 Å². The van der Waals surface area contributed by atoms with Crippen LogP contribution in [-0.2, 0) is 16.6 Å². The van der Waals surface area contributed by atoms with Crippen molar-refractivity contribution in [1.29, 1.82) is 0 Å². The molecule has 2 aromatic rings. The molecule has 1 aliphatic carbocycles. The zero-order valence-electron chi connectivity index (χ0n) is 14.7. The number of nitrogens with zero attached hydrogens (tertiary/aromatic N) is 2. The Kier molecular flexibility index (Phi) is 5.65. The van der Waals surface area contributed by atoms with Crippen LogP contribution in [0.1, 0.15) is 43.1 Å². The summed E-state index contributed by atoms with van der Waals surface area (Å²) < 4.78 is 15.0. The van der Waals surface area contributed by atoms with Crippen LogP contribution < -0.4 is 10.6 Å². The second-order valence-electron chi connectivity index (χ2n) is 6.65. The minimum Gasteiger partial charge on any atom is -0.347 e. The van der Waals surface area contributed by atoms with Crippen molar-refractivity contribution >= 4 is 11.8 Å². The maximum Gasteiger partial charge on any atom is 0.240 e. The van der Waals surface area contributed by atoms with Crippen molar-refractivity contribution < 1.29 is 14.0 Å². The van der Waals surface area contributed by atoms with Gasteiger partial charge in [-0.3, -0.25) is 9.59 Å². The average molecular weight is 358 g/mol. The number of halogens is 1. The fraction of sp³-hybridized carbons (Fsp3) is 0.421. The maximum atomic E-state index is 13.2. The Labute approximate surface area is 151 Å². The summed E-state index contributed by atoms with van der Waals surface area (Å²) in [5.41, 5.74) is 0.719. The van der Waals surface area contributed by atoms with Gasteiger partial charge in [-0.15, -0.1) is 0 Å². The molecule has 3 rings (SSSR count). The van der Waals surface area contributed by atoms with Crippen molar-refractivity contribution in [2.75, 3.05) is 6.54 Å². The number of carbonyl (C=O) groups excluding carboxylic acids is 2. The Morgan fingerprint density at radius 1 is 1.27 bits per heavy atom. The predicted molar refractivity (Wildman–Crippen MR) is 94.6 cm³/mol. The first-order chi connectivity index (χ1) is 12.5. The first-order valence-electron chi connectivity index (χ1n) is 8.84. The molecule has 1 fully saturated rings. The molecule has 0 spiro atoms. The van der Waals surface area contributed by atoms with Crippen LogP contribution in [-0.4, -0.2) is 27.9 Å². The van der Waals surface area contributed by atoms with Gasteiger partial charge in [0.2, 0.25) is 11.8 Å². The molecule has 6 nitrogen and oxygen atoms in total. The molecule has 2 N–H and O–H groups in total. The van der Waals surface area contributed by atoms with Crippen LogP contribution in [0.5, 0.6) is 0 Å². The van der Waals surface area contributed by atoms with Gasteiger partial charge in [0.25, 0.3) is 0 Å². The van der Waals surface area contributed by atoms with E-state index in [-0.39, 0.29) is 30.1 Å². The second kappa shape index (κ2) is 8.12. The Morgan fingerprint density at radius 3 is 2.58 bits per heavy atom. The fourth-order valence-corrected chi connectivity index (χ4v) is 3.32. The molecule has 1 unspecified atom stereocenters. The quantitative estimate of drug-likeness (QED) is 0.830. The van der Waals surface area contributed by atoms with Crippen molar-refractivity contribution in [3.05, 3.63) is 53.9 Å². The first-order valence-corrected chi connectivity index (χ1v) is 8.84. The molecular weight excluding hydrogens is 335 g/mol. The lowest BCUT2D eigenvalue weighted by Gasteiger charge is -2.19. The van der Waals surface area contributed by atoms with E-state index in [1.807, 2.05) is 7.05 Å². The number of aromatic nitrogens is 2. The number of amides is 2. The molecule has 1 aliphatic rings. The van der Waals surface area contributed by atoms with Crippen molar-refractivity contribution in [2.24, 2.45) is 13.0 Å². The largest absolute Gasteiger partial charge is 0.347 e. The van der Waals surface area contributed by atoms with Crippen LogP contribution in [0.25, 0.3) is 0 Å². The summed E-state index contributed by atoms with van der Waals surface area (Å²) in [7, 11) is 1.83. The normalized spacial score (nSPS) is 15.6. The number of aryl methyl sites for hydroxylation is 1. The number of hydrogen-bond acceptors (Lipinski definition) is 3. The van der Waals surface area contributed by atoms with Gasteiger partial charge in [-0.05, 0) is 30.5 Å². The third-order valence-corrected chi connectivity index (χ3v) is 4.77. The molecular formula is C19H23FN4O2. The molecule has 1 atom stereocenters. The van der Waals surface area contributed by atoms with E-state index < -0.39 is 6.04 Å². The summed E-state index contributed by atoms with van der Waals surface area (Å²) in [5.74, 6) is -0.0681. The SMILES string of the molecule is Cn1ccnc1C(NC(=O)CNC(=O)C1CCCC1)c1ccc(F)cc1. The van der Waals surface area contributed by atoms with Gasteiger partial charge in [-0.25, -0.2) is 9.37 Å². The van der Waals surface area contributed by atoms with Crippen molar-refractivity contribution in [1.82, 2.24) is 20.2 Å². The molecule has 0 saturated heterocycles. The van der Waals surface area contributed by atoms with Crippen LogP contribution >= 0.6 is 0 Å². The monoisotopic (exact) mass is 358 g/mol. The fourth-order valence-electron chi connectivity index (χ4n) is 3.32. The number of hydrogen-bond donors (Lipinski definition) is 2. The maximum absolute atomic E-state index is 13.2. The van der Waals surface area contributed by atoms with Gasteiger partial charge in [0.15, 0.2) is 0 Å². The molecule has 0 bridgehead atoms. The number of rotatable bonds is 6.